The van der Waals surface area contributed by atoms with Gasteiger partial charge in [0, 0.05) is 0 Å². The lowest BCUT2D eigenvalue weighted by molar-refractivity contribution is 0.0308. The van der Waals surface area contributed by atoms with Gasteiger partial charge in [0.25, 0.3) is 0 Å². The molecule has 0 aliphatic heterocycles. The Morgan fingerprint density at radius 3 is 1.85 bits per heavy atom. The number of benzene rings is 1. The zero-order valence-corrected chi connectivity index (χ0v) is 16.4. The number of ether oxygens (including phenoxy) is 1. The van der Waals surface area contributed by atoms with Gasteiger partial charge in [0.1, 0.15) is 17.2 Å². The van der Waals surface area contributed by atoms with Crippen LogP contribution in [0.15, 0.2) is 18.2 Å². The highest BCUT2D eigenvalue weighted by Gasteiger charge is 2.20. The first-order valence-electron chi connectivity index (χ1n) is 10.2. The summed E-state index contributed by atoms with van der Waals surface area (Å²) >= 11 is 0. The van der Waals surface area contributed by atoms with Crippen LogP contribution >= 0.6 is 0 Å². The van der Waals surface area contributed by atoms with Gasteiger partial charge in [-0.25, -0.2) is 13.6 Å². The summed E-state index contributed by atoms with van der Waals surface area (Å²) in [4.78, 5) is 11.9. The fourth-order valence-corrected chi connectivity index (χ4v) is 3.09. The Bertz CT molecular complexity index is 497. The average molecular weight is 369 g/mol. The summed E-state index contributed by atoms with van der Waals surface area (Å²) < 4.78 is 32.3. The number of rotatable bonds is 14. The Morgan fingerprint density at radius 2 is 1.35 bits per heavy atom. The fourth-order valence-electron chi connectivity index (χ4n) is 3.09. The highest BCUT2D eigenvalue weighted by atomic mass is 19.1. The zero-order chi connectivity index (χ0) is 19.2. The molecule has 0 aliphatic carbocycles. The number of unbranched alkanes of at least 4 members (excludes halogenated alkanes) is 10. The number of esters is 1. The smallest absolute Gasteiger partial charge is 0.344 e. The van der Waals surface area contributed by atoms with Crippen molar-refractivity contribution in [2.75, 3.05) is 0 Å². The summed E-state index contributed by atoms with van der Waals surface area (Å²) in [6.45, 7) is 4.01. The van der Waals surface area contributed by atoms with E-state index in [2.05, 4.69) is 6.92 Å². The van der Waals surface area contributed by atoms with Gasteiger partial charge in [-0.2, -0.15) is 0 Å². The first-order valence-corrected chi connectivity index (χ1v) is 10.2. The van der Waals surface area contributed by atoms with Crippen LogP contribution in [0.2, 0.25) is 0 Å². The zero-order valence-electron chi connectivity index (χ0n) is 16.4. The van der Waals surface area contributed by atoms with Gasteiger partial charge >= 0.3 is 5.97 Å². The van der Waals surface area contributed by atoms with Crippen LogP contribution in [0.4, 0.5) is 8.78 Å². The summed E-state index contributed by atoms with van der Waals surface area (Å²) in [7, 11) is 0. The van der Waals surface area contributed by atoms with Crippen LogP contribution in [0.3, 0.4) is 0 Å². The molecule has 148 valence electrons. The maximum Gasteiger partial charge on any atom is 0.344 e. The standard InChI is InChI=1S/C22H34F2O2/c1-3-4-5-6-7-8-9-10-11-12-13-15-18(2)26-22(25)21-19(23)16-14-17-20(21)24/h14,16-18H,3-13,15H2,1-2H3. The van der Waals surface area contributed by atoms with Crippen molar-refractivity contribution in [2.24, 2.45) is 0 Å². The predicted octanol–water partition coefficient (Wildman–Crippen LogP) is 7.21. The van der Waals surface area contributed by atoms with E-state index in [4.69, 9.17) is 4.74 Å². The highest BCUT2D eigenvalue weighted by molar-refractivity contribution is 5.90. The largest absolute Gasteiger partial charge is 0.459 e. The summed E-state index contributed by atoms with van der Waals surface area (Å²) in [6.07, 6.45) is 14.2. The van der Waals surface area contributed by atoms with Crippen LogP contribution in [0.25, 0.3) is 0 Å². The van der Waals surface area contributed by atoms with Gasteiger partial charge in [0.2, 0.25) is 0 Å². The number of carbonyl (C=O) groups is 1. The van der Waals surface area contributed by atoms with Crippen molar-refractivity contribution in [2.45, 2.75) is 97.0 Å². The Morgan fingerprint density at radius 1 is 0.885 bits per heavy atom. The second kappa shape index (κ2) is 13.7. The second-order valence-electron chi connectivity index (χ2n) is 7.14. The summed E-state index contributed by atoms with van der Waals surface area (Å²) in [6, 6.07) is 3.36. The number of carbonyl (C=O) groups excluding carboxylic acids is 1. The molecule has 0 aromatic heterocycles. The lowest BCUT2D eigenvalue weighted by Gasteiger charge is -2.13. The van der Waals surface area contributed by atoms with E-state index in [9.17, 15) is 13.6 Å². The van der Waals surface area contributed by atoms with Gasteiger partial charge < -0.3 is 4.74 Å². The van der Waals surface area contributed by atoms with E-state index in [1.165, 1.54) is 63.9 Å². The van der Waals surface area contributed by atoms with Gasteiger partial charge in [-0.15, -0.1) is 0 Å². The van der Waals surface area contributed by atoms with Crippen LogP contribution in [0.5, 0.6) is 0 Å². The molecule has 0 N–H and O–H groups in total. The molecule has 0 saturated heterocycles. The van der Waals surface area contributed by atoms with Crippen LogP contribution < -0.4 is 0 Å². The molecule has 0 fully saturated rings. The topological polar surface area (TPSA) is 26.3 Å². The maximum atomic E-state index is 13.6. The second-order valence-corrected chi connectivity index (χ2v) is 7.14. The SMILES string of the molecule is CCCCCCCCCCCCCC(C)OC(=O)c1c(F)cccc1F. The molecule has 0 amide bonds. The summed E-state index contributed by atoms with van der Waals surface area (Å²) in [5, 5.41) is 0. The Balaban J connectivity index is 2.07. The average Bonchev–Trinajstić information content (AvgIpc) is 2.59. The number of hydrogen-bond acceptors (Lipinski definition) is 2. The van der Waals surface area contributed by atoms with E-state index < -0.39 is 23.2 Å². The first kappa shape index (κ1) is 22.6. The third kappa shape index (κ3) is 9.30. The third-order valence-electron chi connectivity index (χ3n) is 4.69. The molecule has 1 aromatic rings. The Labute approximate surface area is 157 Å². The van der Waals surface area contributed by atoms with Crippen LogP contribution in [0.1, 0.15) is 101 Å². The van der Waals surface area contributed by atoms with Crippen molar-refractivity contribution < 1.29 is 18.3 Å². The van der Waals surface area contributed by atoms with E-state index in [0.717, 1.165) is 31.4 Å². The molecule has 26 heavy (non-hydrogen) atoms. The summed E-state index contributed by atoms with van der Waals surface area (Å²) in [5.41, 5.74) is -0.599. The molecule has 1 unspecified atom stereocenters. The van der Waals surface area contributed by atoms with Crippen molar-refractivity contribution >= 4 is 5.97 Å². The minimum absolute atomic E-state index is 0.333. The van der Waals surface area contributed by atoms with Crippen molar-refractivity contribution in [1.82, 2.24) is 0 Å². The van der Waals surface area contributed by atoms with Gasteiger partial charge in [-0.05, 0) is 31.9 Å². The molecule has 4 heteroatoms. The molecule has 0 spiro atoms. The number of halogens is 2. The quantitative estimate of drug-likeness (QED) is 0.256. The van der Waals surface area contributed by atoms with E-state index >= 15 is 0 Å². The van der Waals surface area contributed by atoms with Crippen molar-refractivity contribution in [3.05, 3.63) is 35.4 Å². The summed E-state index contributed by atoms with van der Waals surface area (Å²) in [5.74, 6) is -2.68. The molecule has 0 aliphatic rings. The number of hydrogen-bond donors (Lipinski definition) is 0. The Kier molecular flexibility index (Phi) is 11.9. The highest BCUT2D eigenvalue weighted by Crippen LogP contribution is 2.17. The van der Waals surface area contributed by atoms with Crippen molar-refractivity contribution in [3.63, 3.8) is 0 Å². The predicted molar refractivity (Wildman–Crippen MR) is 102 cm³/mol. The van der Waals surface area contributed by atoms with Crippen LogP contribution in [0, 0.1) is 11.6 Å². The maximum absolute atomic E-state index is 13.6. The molecule has 0 radical (unpaired) electrons. The fraction of sp³-hybridized carbons (Fsp3) is 0.682. The molecule has 1 aromatic carbocycles. The molecule has 0 heterocycles. The Hall–Kier alpha value is -1.45. The molecule has 0 saturated carbocycles. The van der Waals surface area contributed by atoms with Gasteiger partial charge in [-0.1, -0.05) is 77.2 Å². The van der Waals surface area contributed by atoms with Crippen LogP contribution in [-0.4, -0.2) is 12.1 Å². The minimum atomic E-state index is -0.920. The molecule has 0 bridgehead atoms. The van der Waals surface area contributed by atoms with Gasteiger partial charge in [0.15, 0.2) is 0 Å². The van der Waals surface area contributed by atoms with Crippen molar-refractivity contribution in [1.29, 1.82) is 0 Å². The lowest BCUT2D eigenvalue weighted by Crippen LogP contribution is -2.17. The van der Waals surface area contributed by atoms with Gasteiger partial charge in [-0.3, -0.25) is 0 Å². The molecule has 2 nitrogen and oxygen atoms in total. The van der Waals surface area contributed by atoms with Crippen molar-refractivity contribution in [3.8, 4) is 0 Å². The molecule has 1 atom stereocenters. The monoisotopic (exact) mass is 368 g/mol. The van der Waals surface area contributed by atoms with E-state index in [1.807, 2.05) is 0 Å². The van der Waals surface area contributed by atoms with Gasteiger partial charge in [0.05, 0.1) is 6.10 Å². The third-order valence-corrected chi connectivity index (χ3v) is 4.69. The molecular formula is C22H34F2O2. The van der Waals surface area contributed by atoms with E-state index in [1.54, 1.807) is 6.92 Å². The van der Waals surface area contributed by atoms with E-state index in [-0.39, 0.29) is 6.10 Å². The molecular weight excluding hydrogens is 334 g/mol. The molecule has 1 rings (SSSR count). The normalized spacial score (nSPS) is 12.2. The lowest BCUT2D eigenvalue weighted by atomic mass is 10.0. The van der Waals surface area contributed by atoms with Crippen LogP contribution in [-0.2, 0) is 4.74 Å². The first-order chi connectivity index (χ1) is 12.6. The minimum Gasteiger partial charge on any atom is -0.459 e. The van der Waals surface area contributed by atoms with E-state index in [0.29, 0.717) is 0 Å².